The van der Waals surface area contributed by atoms with Crippen LogP contribution in [0.25, 0.3) is 0 Å². The van der Waals surface area contributed by atoms with Crippen LogP contribution in [0.5, 0.6) is 0 Å². The molecule has 0 N–H and O–H groups in total. The summed E-state index contributed by atoms with van der Waals surface area (Å²) >= 11 is 3.40. The lowest BCUT2D eigenvalue weighted by atomic mass is 10.0. The maximum atomic E-state index is 12.2. The minimum Gasteiger partial charge on any atom is -0.452 e. The maximum Gasteiger partial charge on any atom is 0.320 e. The molecule has 0 amide bonds. The first-order valence-corrected chi connectivity index (χ1v) is 8.08. The molecular formula is C18H19BrO2. The lowest BCUT2D eigenvalue weighted by Gasteiger charge is -2.20. The van der Waals surface area contributed by atoms with Gasteiger partial charge in [0.2, 0.25) is 0 Å². The molecule has 0 aliphatic rings. The van der Waals surface area contributed by atoms with Crippen molar-refractivity contribution in [3.8, 4) is 0 Å². The Balaban J connectivity index is 2.23. The van der Waals surface area contributed by atoms with Gasteiger partial charge in [0.05, 0.1) is 0 Å². The summed E-state index contributed by atoms with van der Waals surface area (Å²) in [6.07, 6.45) is 1.35. The Bertz CT molecular complexity index is 514. The normalized spacial score (nSPS) is 12.1. The summed E-state index contributed by atoms with van der Waals surface area (Å²) in [5.74, 6) is -0.213. The summed E-state index contributed by atoms with van der Waals surface area (Å²) in [6, 6.07) is 19.7. The molecule has 2 aromatic rings. The Morgan fingerprint density at radius 2 is 1.48 bits per heavy atom. The number of esters is 1. The first-order chi connectivity index (χ1) is 10.2. The van der Waals surface area contributed by atoms with Crippen molar-refractivity contribution in [3.63, 3.8) is 0 Å². The van der Waals surface area contributed by atoms with E-state index in [0.29, 0.717) is 0 Å². The van der Waals surface area contributed by atoms with Gasteiger partial charge in [-0.2, -0.15) is 0 Å². The fraction of sp³-hybridized carbons (Fsp3) is 0.278. The Kier molecular flexibility index (Phi) is 6.00. The molecule has 110 valence electrons. The van der Waals surface area contributed by atoms with Crippen LogP contribution >= 0.6 is 15.9 Å². The Morgan fingerprint density at radius 1 is 1.00 bits per heavy atom. The van der Waals surface area contributed by atoms with E-state index in [2.05, 4.69) is 15.9 Å². The van der Waals surface area contributed by atoms with Gasteiger partial charge in [-0.15, -0.1) is 0 Å². The van der Waals surface area contributed by atoms with E-state index in [1.54, 1.807) is 0 Å². The number of benzene rings is 2. The molecule has 0 aromatic heterocycles. The standard InChI is InChI=1S/C18H19BrO2/c1-2-9-16(19)18(20)21-17(14-10-5-3-6-11-14)15-12-7-4-8-13-15/h3-8,10-13,16-17H,2,9H2,1H3. The summed E-state index contributed by atoms with van der Waals surface area (Å²) in [5, 5.41) is 0. The molecule has 0 radical (unpaired) electrons. The molecule has 2 nitrogen and oxygen atoms in total. The van der Waals surface area contributed by atoms with Gasteiger partial charge in [-0.3, -0.25) is 4.79 Å². The average Bonchev–Trinajstić information content (AvgIpc) is 2.54. The van der Waals surface area contributed by atoms with Gasteiger partial charge in [0.25, 0.3) is 0 Å². The molecule has 0 saturated carbocycles. The number of hydrogen-bond acceptors (Lipinski definition) is 2. The fourth-order valence-corrected chi connectivity index (χ4v) is 2.71. The van der Waals surface area contributed by atoms with Crippen molar-refractivity contribution in [1.29, 1.82) is 0 Å². The summed E-state index contributed by atoms with van der Waals surface area (Å²) < 4.78 is 5.75. The second-order valence-corrected chi connectivity index (χ2v) is 6.00. The third-order valence-corrected chi connectivity index (χ3v) is 4.07. The number of ether oxygens (including phenoxy) is 1. The van der Waals surface area contributed by atoms with Gasteiger partial charge < -0.3 is 4.74 Å². The molecule has 2 rings (SSSR count). The molecule has 0 bridgehead atoms. The van der Waals surface area contributed by atoms with Crippen LogP contribution in [0.3, 0.4) is 0 Å². The maximum absolute atomic E-state index is 12.2. The van der Waals surface area contributed by atoms with Crippen molar-refractivity contribution in [1.82, 2.24) is 0 Å². The van der Waals surface area contributed by atoms with E-state index in [4.69, 9.17) is 4.74 Å². The van der Waals surface area contributed by atoms with Gasteiger partial charge in [0.1, 0.15) is 4.83 Å². The van der Waals surface area contributed by atoms with Crippen LogP contribution in [0.1, 0.15) is 37.0 Å². The topological polar surface area (TPSA) is 26.3 Å². The summed E-state index contributed by atoms with van der Waals surface area (Å²) in [4.78, 5) is 12.0. The van der Waals surface area contributed by atoms with Gasteiger partial charge in [0, 0.05) is 0 Å². The zero-order valence-electron chi connectivity index (χ0n) is 12.0. The van der Waals surface area contributed by atoms with Crippen molar-refractivity contribution >= 4 is 21.9 Å². The van der Waals surface area contributed by atoms with E-state index >= 15 is 0 Å². The van der Waals surface area contributed by atoms with E-state index in [1.807, 2.05) is 67.6 Å². The smallest absolute Gasteiger partial charge is 0.320 e. The number of carbonyl (C=O) groups is 1. The van der Waals surface area contributed by atoms with E-state index in [9.17, 15) is 4.79 Å². The van der Waals surface area contributed by atoms with Crippen molar-refractivity contribution in [2.45, 2.75) is 30.7 Å². The predicted molar refractivity (Wildman–Crippen MR) is 88.4 cm³/mol. The lowest BCUT2D eigenvalue weighted by Crippen LogP contribution is -2.21. The summed E-state index contributed by atoms with van der Waals surface area (Å²) in [6.45, 7) is 2.05. The molecule has 2 aromatic carbocycles. The highest BCUT2D eigenvalue weighted by atomic mass is 79.9. The molecule has 0 aliphatic carbocycles. The number of hydrogen-bond donors (Lipinski definition) is 0. The molecular weight excluding hydrogens is 328 g/mol. The van der Waals surface area contributed by atoms with Gasteiger partial charge in [0.15, 0.2) is 6.10 Å². The second kappa shape index (κ2) is 7.99. The molecule has 1 atom stereocenters. The highest BCUT2D eigenvalue weighted by Crippen LogP contribution is 2.27. The zero-order chi connectivity index (χ0) is 15.1. The van der Waals surface area contributed by atoms with E-state index < -0.39 is 0 Å². The predicted octanol–water partition coefficient (Wildman–Crippen LogP) is 4.88. The van der Waals surface area contributed by atoms with Crippen LogP contribution in [0.15, 0.2) is 60.7 Å². The fourth-order valence-electron chi connectivity index (χ4n) is 2.15. The zero-order valence-corrected chi connectivity index (χ0v) is 13.6. The Morgan fingerprint density at radius 3 is 1.90 bits per heavy atom. The molecule has 3 heteroatoms. The van der Waals surface area contributed by atoms with Gasteiger partial charge in [-0.25, -0.2) is 0 Å². The quantitative estimate of drug-likeness (QED) is 0.550. The molecule has 0 heterocycles. The molecule has 0 fully saturated rings. The second-order valence-electron chi connectivity index (χ2n) is 4.89. The third kappa shape index (κ3) is 4.43. The van der Waals surface area contributed by atoms with Crippen LogP contribution in [-0.2, 0) is 9.53 Å². The van der Waals surface area contributed by atoms with Crippen LogP contribution in [0, 0.1) is 0 Å². The highest BCUT2D eigenvalue weighted by Gasteiger charge is 2.23. The van der Waals surface area contributed by atoms with Crippen molar-refractivity contribution < 1.29 is 9.53 Å². The molecule has 0 saturated heterocycles. The first kappa shape index (κ1) is 15.8. The Hall–Kier alpha value is -1.61. The van der Waals surface area contributed by atoms with Gasteiger partial charge >= 0.3 is 5.97 Å². The van der Waals surface area contributed by atoms with Crippen molar-refractivity contribution in [2.24, 2.45) is 0 Å². The van der Waals surface area contributed by atoms with Crippen LogP contribution < -0.4 is 0 Å². The molecule has 0 aliphatic heterocycles. The Labute approximate surface area is 134 Å². The van der Waals surface area contributed by atoms with Crippen LogP contribution in [0.2, 0.25) is 0 Å². The molecule has 1 unspecified atom stereocenters. The van der Waals surface area contributed by atoms with Crippen LogP contribution in [0.4, 0.5) is 0 Å². The average molecular weight is 347 g/mol. The monoisotopic (exact) mass is 346 g/mol. The lowest BCUT2D eigenvalue weighted by molar-refractivity contribution is -0.146. The minimum atomic E-state index is -0.364. The van der Waals surface area contributed by atoms with Crippen molar-refractivity contribution in [3.05, 3.63) is 71.8 Å². The van der Waals surface area contributed by atoms with E-state index in [-0.39, 0.29) is 16.9 Å². The number of alkyl halides is 1. The van der Waals surface area contributed by atoms with Crippen LogP contribution in [-0.4, -0.2) is 10.8 Å². The minimum absolute atomic E-state index is 0.213. The van der Waals surface area contributed by atoms with Gasteiger partial charge in [-0.1, -0.05) is 89.9 Å². The molecule has 0 spiro atoms. The number of rotatable bonds is 6. The third-order valence-electron chi connectivity index (χ3n) is 3.24. The molecule has 21 heavy (non-hydrogen) atoms. The van der Waals surface area contributed by atoms with Crippen molar-refractivity contribution in [2.75, 3.05) is 0 Å². The van der Waals surface area contributed by atoms with E-state index in [1.165, 1.54) is 0 Å². The summed E-state index contributed by atoms with van der Waals surface area (Å²) in [5.41, 5.74) is 1.96. The summed E-state index contributed by atoms with van der Waals surface area (Å²) in [7, 11) is 0. The SMILES string of the molecule is CCCC(Br)C(=O)OC(c1ccccc1)c1ccccc1. The van der Waals surface area contributed by atoms with Gasteiger partial charge in [-0.05, 0) is 17.5 Å². The number of halogens is 1. The largest absolute Gasteiger partial charge is 0.452 e. The first-order valence-electron chi connectivity index (χ1n) is 7.16. The number of carbonyl (C=O) groups excluding carboxylic acids is 1. The van der Waals surface area contributed by atoms with E-state index in [0.717, 1.165) is 24.0 Å². The highest BCUT2D eigenvalue weighted by molar-refractivity contribution is 9.10.